The first kappa shape index (κ1) is 11.0. The zero-order valence-corrected chi connectivity index (χ0v) is 8.16. The van der Waals surface area contributed by atoms with Gasteiger partial charge in [-0.25, -0.2) is 0 Å². The number of hydrogen-bond donors (Lipinski definition) is 2. The average molecular weight is 201 g/mol. The van der Waals surface area contributed by atoms with Crippen molar-refractivity contribution in [2.75, 3.05) is 6.61 Å². The molecule has 2 unspecified atom stereocenters. The lowest BCUT2D eigenvalue weighted by Crippen LogP contribution is -2.43. The second-order valence-electron chi connectivity index (χ2n) is 3.46. The van der Waals surface area contributed by atoms with Crippen LogP contribution in [0.4, 0.5) is 0 Å². The number of carboxylic acids is 1. The van der Waals surface area contributed by atoms with Crippen molar-refractivity contribution in [2.45, 2.75) is 38.3 Å². The van der Waals surface area contributed by atoms with Gasteiger partial charge in [-0.1, -0.05) is 0 Å². The highest BCUT2D eigenvalue weighted by Crippen LogP contribution is 2.17. The van der Waals surface area contributed by atoms with Crippen molar-refractivity contribution in [2.24, 2.45) is 0 Å². The summed E-state index contributed by atoms with van der Waals surface area (Å²) in [5.74, 6) is -1.13. The maximum atomic E-state index is 10.8. The Hall–Kier alpha value is -1.10. The molecular weight excluding hydrogens is 186 g/mol. The maximum Gasteiger partial charge on any atom is 0.305 e. The number of nitrogens with one attached hydrogen (secondary N) is 1. The van der Waals surface area contributed by atoms with Crippen molar-refractivity contribution < 1.29 is 19.4 Å². The molecule has 80 valence electrons. The first-order chi connectivity index (χ1) is 6.59. The Balaban J connectivity index is 2.50. The fraction of sp³-hybridized carbons (Fsp3) is 0.778. The van der Waals surface area contributed by atoms with E-state index in [0.717, 1.165) is 12.8 Å². The van der Waals surface area contributed by atoms with Crippen LogP contribution in [-0.4, -0.2) is 35.7 Å². The molecule has 2 atom stereocenters. The Kier molecular flexibility index (Phi) is 3.88. The number of carbonyl (C=O) groups excluding carboxylic acids is 1. The SMILES string of the molecule is CC(=O)NC(CC(=O)O)C1CCCO1. The summed E-state index contributed by atoms with van der Waals surface area (Å²) in [5.41, 5.74) is 0. The molecule has 1 rings (SSSR count). The van der Waals surface area contributed by atoms with Gasteiger partial charge in [0, 0.05) is 13.5 Å². The predicted molar refractivity (Wildman–Crippen MR) is 48.8 cm³/mol. The largest absolute Gasteiger partial charge is 0.481 e. The van der Waals surface area contributed by atoms with Gasteiger partial charge in [0.2, 0.25) is 5.91 Å². The minimum atomic E-state index is -0.917. The van der Waals surface area contributed by atoms with Crippen LogP contribution in [0.25, 0.3) is 0 Å². The summed E-state index contributed by atoms with van der Waals surface area (Å²) in [6.07, 6.45) is 1.53. The van der Waals surface area contributed by atoms with Gasteiger partial charge in [0.25, 0.3) is 0 Å². The van der Waals surface area contributed by atoms with Gasteiger partial charge >= 0.3 is 5.97 Å². The van der Waals surface area contributed by atoms with Crippen LogP contribution in [0.1, 0.15) is 26.2 Å². The van der Waals surface area contributed by atoms with E-state index in [4.69, 9.17) is 9.84 Å². The summed E-state index contributed by atoms with van der Waals surface area (Å²) in [4.78, 5) is 21.4. The van der Waals surface area contributed by atoms with Gasteiger partial charge in [-0.15, -0.1) is 0 Å². The highest BCUT2D eigenvalue weighted by molar-refractivity contribution is 5.75. The molecule has 0 bridgehead atoms. The van der Waals surface area contributed by atoms with Gasteiger partial charge in [0.05, 0.1) is 18.6 Å². The summed E-state index contributed by atoms with van der Waals surface area (Å²) in [6.45, 7) is 2.03. The van der Waals surface area contributed by atoms with Crippen LogP contribution in [0.3, 0.4) is 0 Å². The van der Waals surface area contributed by atoms with Crippen molar-refractivity contribution in [3.05, 3.63) is 0 Å². The van der Waals surface area contributed by atoms with Crippen LogP contribution in [0.5, 0.6) is 0 Å². The van der Waals surface area contributed by atoms with E-state index in [1.54, 1.807) is 0 Å². The van der Waals surface area contributed by atoms with Crippen LogP contribution >= 0.6 is 0 Å². The number of rotatable bonds is 4. The standard InChI is InChI=1S/C9H15NO4/c1-6(11)10-7(5-9(12)13)8-3-2-4-14-8/h7-8H,2-5H2,1H3,(H,10,11)(H,12,13). The zero-order valence-electron chi connectivity index (χ0n) is 8.16. The van der Waals surface area contributed by atoms with E-state index < -0.39 is 12.0 Å². The average Bonchev–Trinajstić information content (AvgIpc) is 2.52. The second-order valence-corrected chi connectivity index (χ2v) is 3.46. The fourth-order valence-electron chi connectivity index (χ4n) is 1.64. The molecule has 5 nitrogen and oxygen atoms in total. The molecule has 1 amide bonds. The van der Waals surface area contributed by atoms with Crippen molar-refractivity contribution in [1.82, 2.24) is 5.32 Å². The molecule has 1 fully saturated rings. The van der Waals surface area contributed by atoms with Gasteiger partial charge in [-0.3, -0.25) is 9.59 Å². The van der Waals surface area contributed by atoms with E-state index in [0.29, 0.717) is 6.61 Å². The molecule has 5 heteroatoms. The van der Waals surface area contributed by atoms with Crippen LogP contribution in [0, 0.1) is 0 Å². The number of ether oxygens (including phenoxy) is 1. The molecule has 14 heavy (non-hydrogen) atoms. The van der Waals surface area contributed by atoms with Crippen LogP contribution < -0.4 is 5.32 Å². The third-order valence-electron chi connectivity index (χ3n) is 2.20. The summed E-state index contributed by atoms with van der Waals surface area (Å²) in [7, 11) is 0. The molecule has 0 aliphatic carbocycles. The first-order valence-corrected chi connectivity index (χ1v) is 4.70. The molecule has 1 aliphatic rings. The molecule has 0 aromatic carbocycles. The van der Waals surface area contributed by atoms with Gasteiger partial charge < -0.3 is 15.2 Å². The molecule has 2 N–H and O–H groups in total. The van der Waals surface area contributed by atoms with E-state index in [2.05, 4.69) is 5.32 Å². The van der Waals surface area contributed by atoms with Crippen molar-refractivity contribution in [1.29, 1.82) is 0 Å². The molecule has 0 saturated carbocycles. The van der Waals surface area contributed by atoms with E-state index in [1.807, 2.05) is 0 Å². The molecule has 1 heterocycles. The summed E-state index contributed by atoms with van der Waals surface area (Å²) < 4.78 is 5.34. The lowest BCUT2D eigenvalue weighted by atomic mass is 10.0. The van der Waals surface area contributed by atoms with Crippen LogP contribution in [0.15, 0.2) is 0 Å². The van der Waals surface area contributed by atoms with Crippen molar-refractivity contribution in [3.63, 3.8) is 0 Å². The normalized spacial score (nSPS) is 23.1. The molecule has 0 aromatic heterocycles. The molecule has 0 aromatic rings. The quantitative estimate of drug-likeness (QED) is 0.678. The Morgan fingerprint density at radius 3 is 2.79 bits per heavy atom. The topological polar surface area (TPSA) is 75.6 Å². The minimum absolute atomic E-state index is 0.0791. The van der Waals surface area contributed by atoms with Crippen LogP contribution in [-0.2, 0) is 14.3 Å². The summed E-state index contributed by atoms with van der Waals surface area (Å²) >= 11 is 0. The Bertz CT molecular complexity index is 207. The van der Waals surface area contributed by atoms with E-state index in [1.165, 1.54) is 6.92 Å². The third-order valence-corrected chi connectivity index (χ3v) is 2.20. The first-order valence-electron chi connectivity index (χ1n) is 4.70. The number of carbonyl (C=O) groups is 2. The Morgan fingerprint density at radius 1 is 1.64 bits per heavy atom. The minimum Gasteiger partial charge on any atom is -0.481 e. The van der Waals surface area contributed by atoms with Gasteiger partial charge in [0.15, 0.2) is 0 Å². The third kappa shape index (κ3) is 3.33. The fourth-order valence-corrected chi connectivity index (χ4v) is 1.64. The summed E-state index contributed by atoms with van der Waals surface area (Å²) in [6, 6.07) is -0.396. The monoisotopic (exact) mass is 201 g/mol. The lowest BCUT2D eigenvalue weighted by Gasteiger charge is -2.21. The van der Waals surface area contributed by atoms with Gasteiger partial charge in [-0.2, -0.15) is 0 Å². The predicted octanol–water partition coefficient (Wildman–Crippen LogP) is 0.145. The van der Waals surface area contributed by atoms with Gasteiger partial charge in [0.1, 0.15) is 0 Å². The zero-order chi connectivity index (χ0) is 10.6. The van der Waals surface area contributed by atoms with E-state index in [-0.39, 0.29) is 18.4 Å². The maximum absolute atomic E-state index is 10.8. The molecule has 0 radical (unpaired) electrons. The van der Waals surface area contributed by atoms with Crippen molar-refractivity contribution in [3.8, 4) is 0 Å². The van der Waals surface area contributed by atoms with E-state index in [9.17, 15) is 9.59 Å². The van der Waals surface area contributed by atoms with Gasteiger partial charge in [-0.05, 0) is 12.8 Å². The number of carboxylic acid groups (broad SMARTS) is 1. The number of aliphatic carboxylic acids is 1. The Morgan fingerprint density at radius 2 is 2.36 bits per heavy atom. The number of hydrogen-bond acceptors (Lipinski definition) is 3. The highest BCUT2D eigenvalue weighted by Gasteiger charge is 2.28. The van der Waals surface area contributed by atoms with Crippen LogP contribution in [0.2, 0.25) is 0 Å². The van der Waals surface area contributed by atoms with Crippen molar-refractivity contribution >= 4 is 11.9 Å². The molecular formula is C9H15NO4. The molecule has 0 spiro atoms. The van der Waals surface area contributed by atoms with E-state index >= 15 is 0 Å². The summed E-state index contributed by atoms with van der Waals surface area (Å²) in [5, 5.41) is 11.3. The highest BCUT2D eigenvalue weighted by atomic mass is 16.5. The Labute approximate surface area is 82.4 Å². The number of amides is 1. The second kappa shape index (κ2) is 4.95. The molecule has 1 aliphatic heterocycles. The smallest absolute Gasteiger partial charge is 0.305 e. The molecule has 1 saturated heterocycles. The lowest BCUT2D eigenvalue weighted by molar-refractivity contribution is -0.138.